The van der Waals surface area contributed by atoms with Crippen LogP contribution in [-0.2, 0) is 4.79 Å². The molecule has 0 aromatic heterocycles. The monoisotopic (exact) mass is 246 g/mol. The Morgan fingerprint density at radius 3 is 2.67 bits per heavy atom. The van der Waals surface area contributed by atoms with Crippen LogP contribution in [0.3, 0.4) is 0 Å². The van der Waals surface area contributed by atoms with Crippen molar-refractivity contribution in [2.45, 2.75) is 6.92 Å². The summed E-state index contributed by atoms with van der Waals surface area (Å²) in [4.78, 5) is 23.8. The largest absolute Gasteiger partial charge is 0.480 e. The van der Waals surface area contributed by atoms with E-state index in [0.717, 1.165) is 10.5 Å². The van der Waals surface area contributed by atoms with Gasteiger partial charge in [-0.25, -0.2) is 0 Å². The number of anilines is 1. The number of carboxylic acids is 1. The molecule has 0 saturated heterocycles. The zero-order chi connectivity index (χ0) is 13.7. The molecule has 3 N–H and O–H groups in total. The molecule has 0 aliphatic rings. The molecular formula is C13H14N2O3. The van der Waals surface area contributed by atoms with Crippen LogP contribution in [0.2, 0.25) is 0 Å². The van der Waals surface area contributed by atoms with Gasteiger partial charge in [-0.2, -0.15) is 0 Å². The number of aryl methyl sites for hydroxylation is 1. The molecule has 1 amide bonds. The molecule has 0 aliphatic heterocycles. The summed E-state index contributed by atoms with van der Waals surface area (Å²) in [5, 5.41) is 8.72. The molecule has 0 spiro atoms. The van der Waals surface area contributed by atoms with Gasteiger partial charge in [0.25, 0.3) is 5.91 Å². The van der Waals surface area contributed by atoms with Gasteiger partial charge in [0.2, 0.25) is 0 Å². The Bertz CT molecular complexity index is 517. The second-order valence-electron chi connectivity index (χ2n) is 3.83. The molecule has 94 valence electrons. The minimum absolute atomic E-state index is 0.0566. The van der Waals surface area contributed by atoms with Crippen molar-refractivity contribution in [2.24, 2.45) is 0 Å². The third kappa shape index (κ3) is 3.25. The Kier molecular flexibility index (Phi) is 4.33. The summed E-state index contributed by atoms with van der Waals surface area (Å²) in [5.74, 6) is 0.705. The first-order valence-corrected chi connectivity index (χ1v) is 5.26. The number of aliphatic carboxylic acids is 1. The van der Waals surface area contributed by atoms with E-state index < -0.39 is 18.4 Å². The quantitative estimate of drug-likeness (QED) is 0.606. The number of rotatable bonds is 4. The van der Waals surface area contributed by atoms with E-state index in [9.17, 15) is 9.59 Å². The molecule has 18 heavy (non-hydrogen) atoms. The molecule has 0 heterocycles. The van der Waals surface area contributed by atoms with Crippen LogP contribution in [0.5, 0.6) is 0 Å². The molecule has 1 aromatic carbocycles. The topological polar surface area (TPSA) is 83.6 Å². The fraction of sp³-hybridized carbons (Fsp3) is 0.231. The van der Waals surface area contributed by atoms with E-state index >= 15 is 0 Å². The van der Waals surface area contributed by atoms with Crippen LogP contribution in [0.1, 0.15) is 15.9 Å². The molecule has 0 atom stereocenters. The normalized spacial score (nSPS) is 9.56. The SMILES string of the molecule is C#CCN(CC(=O)O)C(=O)c1ccc(C)c(N)c1. The zero-order valence-corrected chi connectivity index (χ0v) is 10.0. The maximum atomic E-state index is 12.0. The molecule has 0 fully saturated rings. The van der Waals surface area contributed by atoms with Crippen molar-refractivity contribution in [3.63, 3.8) is 0 Å². The van der Waals surface area contributed by atoms with Crippen LogP contribution in [0.25, 0.3) is 0 Å². The van der Waals surface area contributed by atoms with Crippen molar-refractivity contribution in [3.05, 3.63) is 29.3 Å². The van der Waals surface area contributed by atoms with Crippen molar-refractivity contribution >= 4 is 17.6 Å². The Balaban J connectivity index is 2.98. The van der Waals surface area contributed by atoms with Gasteiger partial charge >= 0.3 is 5.97 Å². The molecule has 0 aliphatic carbocycles. The number of terminal acetylenes is 1. The number of hydrogen-bond acceptors (Lipinski definition) is 3. The summed E-state index contributed by atoms with van der Waals surface area (Å²) in [6.45, 7) is 1.33. The van der Waals surface area contributed by atoms with Gasteiger partial charge < -0.3 is 15.7 Å². The van der Waals surface area contributed by atoms with E-state index in [4.69, 9.17) is 17.3 Å². The van der Waals surface area contributed by atoms with E-state index in [0.29, 0.717) is 11.3 Å². The maximum absolute atomic E-state index is 12.0. The highest BCUT2D eigenvalue weighted by atomic mass is 16.4. The highest BCUT2D eigenvalue weighted by Gasteiger charge is 2.17. The van der Waals surface area contributed by atoms with E-state index in [1.54, 1.807) is 12.1 Å². The number of carbonyl (C=O) groups is 2. The van der Waals surface area contributed by atoms with E-state index in [2.05, 4.69) is 5.92 Å². The van der Waals surface area contributed by atoms with Crippen molar-refractivity contribution in [2.75, 3.05) is 18.8 Å². The molecule has 0 radical (unpaired) electrons. The lowest BCUT2D eigenvalue weighted by Crippen LogP contribution is -2.36. The third-order valence-corrected chi connectivity index (χ3v) is 2.42. The second kappa shape index (κ2) is 5.73. The molecule has 0 bridgehead atoms. The average molecular weight is 246 g/mol. The standard InChI is InChI=1S/C13H14N2O3/c1-3-6-15(8-12(16)17)13(18)10-5-4-9(2)11(14)7-10/h1,4-5,7H,6,8,14H2,2H3,(H,16,17). The van der Waals surface area contributed by atoms with Gasteiger partial charge in [0, 0.05) is 11.3 Å². The summed E-state index contributed by atoms with van der Waals surface area (Å²) >= 11 is 0. The molecule has 0 unspecified atom stereocenters. The maximum Gasteiger partial charge on any atom is 0.323 e. The van der Waals surface area contributed by atoms with Crippen molar-refractivity contribution in [1.29, 1.82) is 0 Å². The Hall–Kier alpha value is -2.48. The molecule has 0 saturated carbocycles. The predicted molar refractivity (Wildman–Crippen MR) is 68.0 cm³/mol. The smallest absolute Gasteiger partial charge is 0.323 e. The summed E-state index contributed by atoms with van der Waals surface area (Å²) in [6.07, 6.45) is 5.11. The molecule has 1 rings (SSSR count). The number of amides is 1. The first-order chi connectivity index (χ1) is 8.45. The lowest BCUT2D eigenvalue weighted by molar-refractivity contribution is -0.137. The minimum atomic E-state index is -1.11. The Morgan fingerprint density at radius 1 is 1.50 bits per heavy atom. The number of carbonyl (C=O) groups excluding carboxylic acids is 1. The van der Waals surface area contributed by atoms with Gasteiger partial charge in [0.05, 0.1) is 6.54 Å². The minimum Gasteiger partial charge on any atom is -0.480 e. The Morgan fingerprint density at radius 2 is 2.17 bits per heavy atom. The third-order valence-electron chi connectivity index (χ3n) is 2.42. The van der Waals surface area contributed by atoms with Gasteiger partial charge in [0.15, 0.2) is 0 Å². The molecule has 5 nitrogen and oxygen atoms in total. The summed E-state index contributed by atoms with van der Waals surface area (Å²) < 4.78 is 0. The van der Waals surface area contributed by atoms with Crippen LogP contribution in [0, 0.1) is 19.3 Å². The number of carboxylic acid groups (broad SMARTS) is 1. The lowest BCUT2D eigenvalue weighted by Gasteiger charge is -2.18. The number of benzene rings is 1. The highest BCUT2D eigenvalue weighted by Crippen LogP contribution is 2.14. The van der Waals surface area contributed by atoms with E-state index in [1.807, 2.05) is 6.92 Å². The zero-order valence-electron chi connectivity index (χ0n) is 10.0. The van der Waals surface area contributed by atoms with E-state index in [1.165, 1.54) is 6.07 Å². The number of nitrogens with zero attached hydrogens (tertiary/aromatic N) is 1. The number of hydrogen-bond donors (Lipinski definition) is 2. The van der Waals surface area contributed by atoms with Crippen molar-refractivity contribution < 1.29 is 14.7 Å². The second-order valence-corrected chi connectivity index (χ2v) is 3.83. The van der Waals surface area contributed by atoms with Crippen molar-refractivity contribution in [1.82, 2.24) is 4.90 Å². The molecule has 5 heteroatoms. The van der Waals surface area contributed by atoms with Gasteiger partial charge in [-0.15, -0.1) is 6.42 Å². The van der Waals surface area contributed by atoms with Crippen LogP contribution in [-0.4, -0.2) is 35.0 Å². The van der Waals surface area contributed by atoms with Crippen LogP contribution >= 0.6 is 0 Å². The summed E-state index contributed by atoms with van der Waals surface area (Å²) in [5.41, 5.74) is 7.37. The first-order valence-electron chi connectivity index (χ1n) is 5.26. The Labute approximate surface area is 105 Å². The van der Waals surface area contributed by atoms with Crippen LogP contribution in [0.15, 0.2) is 18.2 Å². The first kappa shape index (κ1) is 13.6. The average Bonchev–Trinajstić information content (AvgIpc) is 2.31. The summed E-state index contributed by atoms with van der Waals surface area (Å²) in [6, 6.07) is 4.82. The van der Waals surface area contributed by atoms with Gasteiger partial charge in [0.1, 0.15) is 6.54 Å². The van der Waals surface area contributed by atoms with Gasteiger partial charge in [-0.1, -0.05) is 12.0 Å². The summed E-state index contributed by atoms with van der Waals surface area (Å²) in [7, 11) is 0. The van der Waals surface area contributed by atoms with Crippen LogP contribution in [0.4, 0.5) is 5.69 Å². The number of nitrogen functional groups attached to an aromatic ring is 1. The van der Waals surface area contributed by atoms with Crippen LogP contribution < -0.4 is 5.73 Å². The molecular weight excluding hydrogens is 232 g/mol. The van der Waals surface area contributed by atoms with Crippen molar-refractivity contribution in [3.8, 4) is 12.3 Å². The lowest BCUT2D eigenvalue weighted by atomic mass is 10.1. The van der Waals surface area contributed by atoms with Gasteiger partial charge in [-0.3, -0.25) is 9.59 Å². The fourth-order valence-electron chi connectivity index (χ4n) is 1.43. The predicted octanol–water partition coefficient (Wildman–Crippen LogP) is 0.737. The highest BCUT2D eigenvalue weighted by molar-refractivity contribution is 5.96. The number of nitrogens with two attached hydrogens (primary N) is 1. The van der Waals surface area contributed by atoms with Gasteiger partial charge in [-0.05, 0) is 24.6 Å². The van der Waals surface area contributed by atoms with E-state index in [-0.39, 0.29) is 6.54 Å². The molecule has 1 aromatic rings. The fourth-order valence-corrected chi connectivity index (χ4v) is 1.43.